The number of hydrogen-bond donors (Lipinski definition) is 1. The van der Waals surface area contributed by atoms with Crippen LogP contribution in [0.3, 0.4) is 0 Å². The quantitative estimate of drug-likeness (QED) is 0.809. The van der Waals surface area contributed by atoms with Gasteiger partial charge in [-0.15, -0.1) is 0 Å². The highest BCUT2D eigenvalue weighted by molar-refractivity contribution is 5.46. The number of ether oxygens (including phenoxy) is 2. The fourth-order valence-electron chi connectivity index (χ4n) is 2.16. The average molecular weight is 289 g/mol. The SMILES string of the molecule is CCNCc1cccc(OC)c1OCCc1cnn(C)c1. The fourth-order valence-corrected chi connectivity index (χ4v) is 2.16. The molecule has 5 heteroatoms. The van der Waals surface area contributed by atoms with Crippen LogP contribution in [0.5, 0.6) is 11.5 Å². The van der Waals surface area contributed by atoms with Gasteiger partial charge in [0.25, 0.3) is 0 Å². The lowest BCUT2D eigenvalue weighted by atomic mass is 10.2. The Bertz CT molecular complexity index is 566. The van der Waals surface area contributed by atoms with Crippen molar-refractivity contribution in [3.8, 4) is 11.5 Å². The van der Waals surface area contributed by atoms with E-state index >= 15 is 0 Å². The van der Waals surface area contributed by atoms with Crippen molar-refractivity contribution >= 4 is 0 Å². The highest BCUT2D eigenvalue weighted by atomic mass is 16.5. The first-order chi connectivity index (χ1) is 10.2. The van der Waals surface area contributed by atoms with Crippen molar-refractivity contribution in [3.05, 3.63) is 41.7 Å². The fraction of sp³-hybridized carbons (Fsp3) is 0.438. The number of nitrogens with one attached hydrogen (secondary N) is 1. The van der Waals surface area contributed by atoms with Gasteiger partial charge in [0.2, 0.25) is 0 Å². The van der Waals surface area contributed by atoms with E-state index < -0.39 is 0 Å². The second kappa shape index (κ2) is 7.69. The van der Waals surface area contributed by atoms with Crippen LogP contribution < -0.4 is 14.8 Å². The topological polar surface area (TPSA) is 48.3 Å². The van der Waals surface area contributed by atoms with Crippen molar-refractivity contribution in [2.45, 2.75) is 19.9 Å². The summed E-state index contributed by atoms with van der Waals surface area (Å²) < 4.78 is 13.2. The molecule has 0 amide bonds. The maximum absolute atomic E-state index is 5.97. The van der Waals surface area contributed by atoms with Crippen LogP contribution >= 0.6 is 0 Å². The molecule has 5 nitrogen and oxygen atoms in total. The van der Waals surface area contributed by atoms with Gasteiger partial charge in [0, 0.05) is 31.8 Å². The number of aryl methyl sites for hydroxylation is 1. The highest BCUT2D eigenvalue weighted by Gasteiger charge is 2.10. The Hall–Kier alpha value is -2.01. The van der Waals surface area contributed by atoms with E-state index in [0.29, 0.717) is 6.61 Å². The number of rotatable bonds is 8. The van der Waals surface area contributed by atoms with Crippen molar-refractivity contribution in [1.82, 2.24) is 15.1 Å². The van der Waals surface area contributed by atoms with Crippen LogP contribution in [0.4, 0.5) is 0 Å². The predicted octanol–water partition coefficient (Wildman–Crippen LogP) is 2.16. The van der Waals surface area contributed by atoms with Crippen molar-refractivity contribution in [1.29, 1.82) is 0 Å². The summed E-state index contributed by atoms with van der Waals surface area (Å²) in [5.74, 6) is 1.60. The molecule has 114 valence electrons. The predicted molar refractivity (Wildman–Crippen MR) is 82.8 cm³/mol. The lowest BCUT2D eigenvalue weighted by Gasteiger charge is -2.15. The molecule has 0 atom stereocenters. The van der Waals surface area contributed by atoms with E-state index in [9.17, 15) is 0 Å². The Kier molecular flexibility index (Phi) is 5.63. The van der Waals surface area contributed by atoms with Gasteiger partial charge >= 0.3 is 0 Å². The van der Waals surface area contributed by atoms with Crippen LogP contribution in [0.15, 0.2) is 30.6 Å². The molecule has 1 aromatic heterocycles. The van der Waals surface area contributed by atoms with Crippen LogP contribution in [0, 0.1) is 0 Å². The lowest BCUT2D eigenvalue weighted by Crippen LogP contribution is -2.14. The third-order valence-electron chi connectivity index (χ3n) is 3.24. The van der Waals surface area contributed by atoms with Crippen LogP contribution in [0.1, 0.15) is 18.1 Å². The maximum Gasteiger partial charge on any atom is 0.165 e. The molecule has 0 bridgehead atoms. The van der Waals surface area contributed by atoms with Gasteiger partial charge in [0.05, 0.1) is 19.9 Å². The second-order valence-corrected chi connectivity index (χ2v) is 4.85. The zero-order chi connectivity index (χ0) is 15.1. The highest BCUT2D eigenvalue weighted by Crippen LogP contribution is 2.31. The Balaban J connectivity index is 2.02. The molecule has 0 unspecified atom stereocenters. The smallest absolute Gasteiger partial charge is 0.165 e. The number of aromatic nitrogens is 2. The van der Waals surface area contributed by atoms with Gasteiger partial charge in [-0.2, -0.15) is 5.10 Å². The Labute approximate surface area is 125 Å². The summed E-state index contributed by atoms with van der Waals surface area (Å²) in [4.78, 5) is 0. The molecule has 0 saturated carbocycles. The molecule has 1 aromatic carbocycles. The summed E-state index contributed by atoms with van der Waals surface area (Å²) in [5, 5.41) is 7.48. The van der Waals surface area contributed by atoms with Crippen molar-refractivity contribution in [3.63, 3.8) is 0 Å². The van der Waals surface area contributed by atoms with Crippen LogP contribution in [0.2, 0.25) is 0 Å². The van der Waals surface area contributed by atoms with Crippen LogP contribution in [-0.4, -0.2) is 30.0 Å². The van der Waals surface area contributed by atoms with Crippen molar-refractivity contribution in [2.75, 3.05) is 20.3 Å². The molecule has 1 heterocycles. The first-order valence-corrected chi connectivity index (χ1v) is 7.21. The minimum absolute atomic E-state index is 0.602. The van der Waals surface area contributed by atoms with E-state index in [0.717, 1.165) is 36.6 Å². The molecule has 21 heavy (non-hydrogen) atoms. The van der Waals surface area contributed by atoms with Gasteiger partial charge in [0.15, 0.2) is 11.5 Å². The van der Waals surface area contributed by atoms with E-state index in [1.54, 1.807) is 11.8 Å². The lowest BCUT2D eigenvalue weighted by molar-refractivity contribution is 0.294. The van der Waals surface area contributed by atoms with E-state index in [1.165, 1.54) is 5.56 Å². The summed E-state index contributed by atoms with van der Waals surface area (Å²) in [7, 11) is 3.58. The average Bonchev–Trinajstić information content (AvgIpc) is 2.91. The zero-order valence-corrected chi connectivity index (χ0v) is 12.9. The maximum atomic E-state index is 5.97. The largest absolute Gasteiger partial charge is 0.493 e. The third kappa shape index (κ3) is 4.23. The van der Waals surface area contributed by atoms with Gasteiger partial charge in [0.1, 0.15) is 0 Å². The normalized spacial score (nSPS) is 10.6. The standard InChI is InChI=1S/C16H23N3O2/c1-4-17-11-14-6-5-7-15(20-3)16(14)21-9-8-13-10-18-19(2)12-13/h5-7,10,12,17H,4,8-9,11H2,1-3H3. The molecule has 1 N–H and O–H groups in total. The first-order valence-electron chi connectivity index (χ1n) is 7.21. The molecular formula is C16H23N3O2. The van der Waals surface area contributed by atoms with E-state index in [2.05, 4.69) is 23.4 Å². The monoisotopic (exact) mass is 289 g/mol. The van der Waals surface area contributed by atoms with E-state index in [-0.39, 0.29) is 0 Å². The number of hydrogen-bond acceptors (Lipinski definition) is 4. The number of methoxy groups -OCH3 is 1. The van der Waals surface area contributed by atoms with E-state index in [1.807, 2.05) is 31.6 Å². The molecule has 2 aromatic rings. The van der Waals surface area contributed by atoms with Gasteiger partial charge in [-0.3, -0.25) is 4.68 Å². The summed E-state index contributed by atoms with van der Waals surface area (Å²) in [6.45, 7) is 4.39. The number of nitrogens with zero attached hydrogens (tertiary/aromatic N) is 2. The molecule has 0 aliphatic rings. The van der Waals surface area contributed by atoms with Crippen molar-refractivity contribution < 1.29 is 9.47 Å². The summed E-state index contributed by atoms with van der Waals surface area (Å²) >= 11 is 0. The molecular weight excluding hydrogens is 266 g/mol. The number of para-hydroxylation sites is 1. The van der Waals surface area contributed by atoms with Gasteiger partial charge in [-0.1, -0.05) is 19.1 Å². The molecule has 0 aliphatic carbocycles. The summed E-state index contributed by atoms with van der Waals surface area (Å²) in [6.07, 6.45) is 4.70. The number of benzene rings is 1. The zero-order valence-electron chi connectivity index (χ0n) is 12.9. The molecule has 2 rings (SSSR count). The molecule has 0 spiro atoms. The third-order valence-corrected chi connectivity index (χ3v) is 3.24. The second-order valence-electron chi connectivity index (χ2n) is 4.85. The van der Waals surface area contributed by atoms with Crippen LogP contribution in [0.25, 0.3) is 0 Å². The summed E-state index contributed by atoms with van der Waals surface area (Å²) in [6, 6.07) is 5.97. The minimum Gasteiger partial charge on any atom is -0.493 e. The Morgan fingerprint density at radius 1 is 1.33 bits per heavy atom. The first kappa shape index (κ1) is 15.4. The molecule has 0 fully saturated rings. The van der Waals surface area contributed by atoms with E-state index in [4.69, 9.17) is 9.47 Å². The Morgan fingerprint density at radius 2 is 2.19 bits per heavy atom. The summed E-state index contributed by atoms with van der Waals surface area (Å²) in [5.41, 5.74) is 2.28. The van der Waals surface area contributed by atoms with Crippen molar-refractivity contribution in [2.24, 2.45) is 7.05 Å². The van der Waals surface area contributed by atoms with Crippen LogP contribution in [-0.2, 0) is 20.0 Å². The van der Waals surface area contributed by atoms with Gasteiger partial charge in [-0.25, -0.2) is 0 Å². The minimum atomic E-state index is 0.602. The van der Waals surface area contributed by atoms with Gasteiger partial charge in [-0.05, 0) is 18.2 Å². The molecule has 0 aliphatic heterocycles. The Morgan fingerprint density at radius 3 is 2.86 bits per heavy atom. The molecule has 0 radical (unpaired) electrons. The van der Waals surface area contributed by atoms with Gasteiger partial charge < -0.3 is 14.8 Å². The molecule has 0 saturated heterocycles.